The number of rotatable bonds is 6. The zero-order valence-corrected chi connectivity index (χ0v) is 24.2. The maximum absolute atomic E-state index is 13.0. The fourth-order valence-corrected chi connectivity index (χ4v) is 6.41. The standard InChI is InChI=1S/C30H33BrN2O8/c31-22-8-9-24-23(16-22)30(37,27(36)33-24)17-25(34)20-4-6-21(7-5-20)26(35)32-18-19-10-14-29(15-11-19)40-38-28(39-41-29)12-2-1-3-13-28/h4-9,16,19,37H,1-3,10-15,17-18H2,(H,32,35)(H,33,36). The molecule has 2 amide bonds. The van der Waals surface area contributed by atoms with Crippen LogP contribution < -0.4 is 10.6 Å². The first-order valence-electron chi connectivity index (χ1n) is 14.2. The van der Waals surface area contributed by atoms with Crippen molar-refractivity contribution < 1.29 is 39.0 Å². The SMILES string of the molecule is O=C(CC1(O)C(=O)Nc2ccc(Br)cc21)c1ccc(C(=O)NCC2CCC3(CC2)OOC2(CCCCC2)OO3)cc1. The summed E-state index contributed by atoms with van der Waals surface area (Å²) in [5, 5.41) is 16.7. The van der Waals surface area contributed by atoms with Gasteiger partial charge < -0.3 is 15.7 Å². The Morgan fingerprint density at radius 2 is 1.51 bits per heavy atom. The van der Waals surface area contributed by atoms with E-state index < -0.39 is 35.3 Å². The van der Waals surface area contributed by atoms with Gasteiger partial charge in [0.25, 0.3) is 11.8 Å². The fraction of sp³-hybridized carbons (Fsp3) is 0.500. The summed E-state index contributed by atoms with van der Waals surface area (Å²) in [5.74, 6) is -2.71. The highest BCUT2D eigenvalue weighted by atomic mass is 79.9. The molecule has 6 rings (SSSR count). The molecule has 0 aromatic heterocycles. The molecule has 1 atom stereocenters. The Labute approximate surface area is 246 Å². The Kier molecular flexibility index (Phi) is 7.77. The van der Waals surface area contributed by atoms with Crippen LogP contribution in [0.1, 0.15) is 90.5 Å². The van der Waals surface area contributed by atoms with E-state index in [-0.39, 0.29) is 11.8 Å². The van der Waals surface area contributed by atoms with Crippen molar-refractivity contribution in [1.82, 2.24) is 5.32 Å². The molecule has 2 aromatic rings. The predicted molar refractivity (Wildman–Crippen MR) is 149 cm³/mol. The molecule has 11 heteroatoms. The van der Waals surface area contributed by atoms with Crippen LogP contribution in [0.25, 0.3) is 0 Å². The highest BCUT2D eigenvalue weighted by Crippen LogP contribution is 2.45. The van der Waals surface area contributed by atoms with Crippen molar-refractivity contribution in [2.75, 3.05) is 11.9 Å². The van der Waals surface area contributed by atoms with Gasteiger partial charge in [-0.2, -0.15) is 19.6 Å². The maximum Gasteiger partial charge on any atom is 0.261 e. The zero-order valence-electron chi connectivity index (χ0n) is 22.6. The monoisotopic (exact) mass is 628 g/mol. The molecule has 10 nitrogen and oxygen atoms in total. The Hall–Kier alpha value is -2.67. The van der Waals surface area contributed by atoms with Crippen LogP contribution in [-0.4, -0.2) is 40.8 Å². The Morgan fingerprint density at radius 3 is 2.17 bits per heavy atom. The molecule has 218 valence electrons. The van der Waals surface area contributed by atoms with Crippen LogP contribution >= 0.6 is 15.9 Å². The van der Waals surface area contributed by atoms with E-state index in [0.717, 1.165) is 44.9 Å². The van der Waals surface area contributed by atoms with Crippen LogP contribution in [0.4, 0.5) is 5.69 Å². The fourth-order valence-electron chi connectivity index (χ4n) is 6.05. The van der Waals surface area contributed by atoms with Crippen molar-refractivity contribution in [3.63, 3.8) is 0 Å². The third-order valence-electron chi connectivity index (χ3n) is 8.66. The Bertz CT molecular complexity index is 1320. The second kappa shape index (κ2) is 11.2. The summed E-state index contributed by atoms with van der Waals surface area (Å²) in [5.41, 5.74) is -0.421. The highest BCUT2D eigenvalue weighted by Gasteiger charge is 2.51. The molecule has 1 saturated heterocycles. The van der Waals surface area contributed by atoms with E-state index in [0.29, 0.717) is 46.2 Å². The van der Waals surface area contributed by atoms with Gasteiger partial charge in [0.1, 0.15) is 0 Å². The number of ketones is 1. The number of benzene rings is 2. The number of Topliss-reactive ketones (excluding diaryl/α,β-unsaturated/α-hetero) is 1. The average molecular weight is 630 g/mol. The minimum absolute atomic E-state index is 0.243. The molecule has 4 aliphatic rings. The van der Waals surface area contributed by atoms with E-state index >= 15 is 0 Å². The maximum atomic E-state index is 13.0. The van der Waals surface area contributed by atoms with E-state index in [1.165, 1.54) is 12.1 Å². The summed E-state index contributed by atoms with van der Waals surface area (Å²) >= 11 is 3.34. The molecule has 0 bridgehead atoms. The van der Waals surface area contributed by atoms with Crippen LogP contribution in [0.3, 0.4) is 0 Å². The van der Waals surface area contributed by atoms with E-state index in [1.807, 2.05) is 0 Å². The van der Waals surface area contributed by atoms with Crippen molar-refractivity contribution >= 4 is 39.2 Å². The number of hydrogen-bond acceptors (Lipinski definition) is 8. The van der Waals surface area contributed by atoms with Gasteiger partial charge in [0.05, 0.1) is 6.42 Å². The molecule has 2 aromatic carbocycles. The highest BCUT2D eigenvalue weighted by molar-refractivity contribution is 9.10. The molecular weight excluding hydrogens is 596 g/mol. The Morgan fingerprint density at radius 1 is 0.902 bits per heavy atom. The van der Waals surface area contributed by atoms with Gasteiger partial charge in [0, 0.05) is 59.1 Å². The van der Waals surface area contributed by atoms with E-state index in [9.17, 15) is 19.5 Å². The molecule has 0 radical (unpaired) electrons. The van der Waals surface area contributed by atoms with Crippen molar-refractivity contribution in [3.8, 4) is 0 Å². The zero-order chi connectivity index (χ0) is 28.7. The molecular formula is C30H33BrN2O8. The first-order chi connectivity index (χ1) is 19.7. The van der Waals surface area contributed by atoms with Crippen molar-refractivity contribution in [1.29, 1.82) is 0 Å². The van der Waals surface area contributed by atoms with Gasteiger partial charge >= 0.3 is 0 Å². The lowest BCUT2D eigenvalue weighted by atomic mass is 9.85. The van der Waals surface area contributed by atoms with Crippen LogP contribution in [0.15, 0.2) is 46.9 Å². The summed E-state index contributed by atoms with van der Waals surface area (Å²) < 4.78 is 0.688. The lowest BCUT2D eigenvalue weighted by Crippen LogP contribution is -2.53. The second-order valence-electron chi connectivity index (χ2n) is 11.6. The topological polar surface area (TPSA) is 132 Å². The molecule has 41 heavy (non-hydrogen) atoms. The summed E-state index contributed by atoms with van der Waals surface area (Å²) in [4.78, 5) is 61.2. The van der Waals surface area contributed by atoms with Gasteiger partial charge in [-0.1, -0.05) is 34.5 Å². The average Bonchev–Trinajstić information content (AvgIpc) is 3.23. The van der Waals surface area contributed by atoms with E-state index in [2.05, 4.69) is 26.6 Å². The molecule has 3 fully saturated rings. The summed E-state index contributed by atoms with van der Waals surface area (Å²) in [6.45, 7) is 0.498. The van der Waals surface area contributed by atoms with Gasteiger partial charge in [0.15, 0.2) is 11.4 Å². The van der Waals surface area contributed by atoms with Crippen LogP contribution in [-0.2, 0) is 29.9 Å². The molecule has 1 unspecified atom stereocenters. The second-order valence-corrected chi connectivity index (χ2v) is 12.5. The lowest BCUT2D eigenvalue weighted by molar-refractivity contribution is -0.663. The first kappa shape index (κ1) is 28.4. The van der Waals surface area contributed by atoms with Crippen molar-refractivity contribution in [2.24, 2.45) is 5.92 Å². The smallest absolute Gasteiger partial charge is 0.261 e. The van der Waals surface area contributed by atoms with Gasteiger partial charge in [0.2, 0.25) is 11.6 Å². The molecule has 2 aliphatic carbocycles. The number of carbonyl (C=O) groups is 3. The third-order valence-corrected chi connectivity index (χ3v) is 9.15. The largest absolute Gasteiger partial charge is 0.375 e. The molecule has 2 aliphatic heterocycles. The van der Waals surface area contributed by atoms with Crippen LogP contribution in [0.2, 0.25) is 0 Å². The van der Waals surface area contributed by atoms with E-state index in [4.69, 9.17) is 19.6 Å². The van der Waals surface area contributed by atoms with Gasteiger partial charge in [-0.25, -0.2) is 0 Å². The number of nitrogens with one attached hydrogen (secondary N) is 2. The quantitative estimate of drug-likeness (QED) is 0.299. The molecule has 2 saturated carbocycles. The normalized spacial score (nSPS) is 25.1. The predicted octanol–water partition coefficient (Wildman–Crippen LogP) is 5.05. The first-order valence-corrected chi connectivity index (χ1v) is 15.0. The summed E-state index contributed by atoms with van der Waals surface area (Å²) in [6, 6.07) is 11.3. The van der Waals surface area contributed by atoms with Crippen molar-refractivity contribution in [2.45, 2.75) is 81.4 Å². The summed E-state index contributed by atoms with van der Waals surface area (Å²) in [7, 11) is 0. The van der Waals surface area contributed by atoms with Gasteiger partial charge in [-0.15, -0.1) is 0 Å². The van der Waals surface area contributed by atoms with Gasteiger partial charge in [-0.05, 0) is 61.9 Å². The third kappa shape index (κ3) is 5.71. The Balaban J connectivity index is 0.985. The minimum atomic E-state index is -1.96. The number of carbonyl (C=O) groups excluding carboxylic acids is 3. The molecule has 3 N–H and O–H groups in total. The number of anilines is 1. The van der Waals surface area contributed by atoms with Crippen LogP contribution in [0.5, 0.6) is 0 Å². The number of amides is 2. The minimum Gasteiger partial charge on any atom is -0.375 e. The molecule has 2 heterocycles. The molecule has 2 spiro atoms. The van der Waals surface area contributed by atoms with Crippen LogP contribution in [0, 0.1) is 5.92 Å². The number of halogens is 1. The van der Waals surface area contributed by atoms with Crippen molar-refractivity contribution in [3.05, 3.63) is 63.6 Å². The van der Waals surface area contributed by atoms with Gasteiger partial charge in [-0.3, -0.25) is 14.4 Å². The van der Waals surface area contributed by atoms with E-state index in [1.54, 1.807) is 30.3 Å². The summed E-state index contributed by atoms with van der Waals surface area (Å²) in [6.07, 6.45) is 7.09. The number of aliphatic hydroxyl groups is 1. The number of fused-ring (bicyclic) bond motifs is 1. The lowest BCUT2D eigenvalue weighted by Gasteiger charge is -2.46. The number of hydrogen-bond donors (Lipinski definition) is 3.